The first-order valence-corrected chi connectivity index (χ1v) is 7.74. The molecular formula is C15H16BrN3O. The van der Waals surface area contributed by atoms with Gasteiger partial charge in [-0.15, -0.1) is 0 Å². The Kier molecular flexibility index (Phi) is 3.17. The summed E-state index contributed by atoms with van der Waals surface area (Å²) >= 11 is 3.53. The van der Waals surface area contributed by atoms with Gasteiger partial charge < -0.3 is 0 Å². The number of aromatic nitrogens is 3. The Morgan fingerprint density at radius 1 is 1.30 bits per heavy atom. The molecule has 0 atom stereocenters. The number of rotatable bonds is 2. The number of hydrogen-bond acceptors (Lipinski definition) is 2. The molecule has 0 saturated carbocycles. The summed E-state index contributed by atoms with van der Waals surface area (Å²) in [6.45, 7) is 4.80. The van der Waals surface area contributed by atoms with Crippen molar-refractivity contribution in [3.63, 3.8) is 0 Å². The zero-order chi connectivity index (χ0) is 14.4. The molecule has 2 heterocycles. The van der Waals surface area contributed by atoms with Crippen molar-refractivity contribution in [2.75, 3.05) is 0 Å². The molecule has 0 bridgehead atoms. The van der Waals surface area contributed by atoms with Gasteiger partial charge in [0, 0.05) is 35.1 Å². The summed E-state index contributed by atoms with van der Waals surface area (Å²) in [6, 6.07) is 4.09. The van der Waals surface area contributed by atoms with Crippen molar-refractivity contribution >= 4 is 37.7 Å². The molecule has 3 aromatic rings. The lowest BCUT2D eigenvalue weighted by molar-refractivity contribution is 0.659. The lowest BCUT2D eigenvalue weighted by Gasteiger charge is -2.11. The molecule has 0 radical (unpaired) electrons. The highest BCUT2D eigenvalue weighted by Crippen LogP contribution is 2.28. The van der Waals surface area contributed by atoms with Crippen molar-refractivity contribution in [2.45, 2.75) is 25.7 Å². The van der Waals surface area contributed by atoms with Crippen molar-refractivity contribution in [1.82, 2.24) is 14.3 Å². The zero-order valence-electron chi connectivity index (χ0n) is 11.8. The van der Waals surface area contributed by atoms with Gasteiger partial charge in [-0.2, -0.15) is 5.10 Å². The molecule has 2 aromatic heterocycles. The largest absolute Gasteiger partial charge is 0.296 e. The predicted molar refractivity (Wildman–Crippen MR) is 85.5 cm³/mol. The van der Waals surface area contributed by atoms with E-state index in [0.29, 0.717) is 0 Å². The van der Waals surface area contributed by atoms with Crippen LogP contribution in [0, 0.1) is 6.92 Å². The third-order valence-electron chi connectivity index (χ3n) is 3.74. The lowest BCUT2D eigenvalue weighted by atomic mass is 10.0. The monoisotopic (exact) mass is 333 g/mol. The Bertz CT molecular complexity index is 876. The van der Waals surface area contributed by atoms with Crippen LogP contribution in [0.15, 0.2) is 23.1 Å². The molecule has 0 aliphatic rings. The average molecular weight is 334 g/mol. The minimum atomic E-state index is 0.0357. The quantitative estimate of drug-likeness (QED) is 0.676. The second-order valence-electron chi connectivity index (χ2n) is 5.04. The number of aryl methyl sites for hydroxylation is 3. The molecule has 0 aliphatic carbocycles. The first-order chi connectivity index (χ1) is 9.58. The number of hydrogen-bond donors (Lipinski definition) is 0. The van der Waals surface area contributed by atoms with E-state index in [1.165, 1.54) is 0 Å². The van der Waals surface area contributed by atoms with Crippen LogP contribution in [0.2, 0.25) is 0 Å². The number of benzene rings is 1. The van der Waals surface area contributed by atoms with Gasteiger partial charge >= 0.3 is 0 Å². The van der Waals surface area contributed by atoms with E-state index in [2.05, 4.69) is 27.1 Å². The fraction of sp³-hybridized carbons (Fsp3) is 0.333. The van der Waals surface area contributed by atoms with E-state index in [1.807, 2.05) is 37.8 Å². The summed E-state index contributed by atoms with van der Waals surface area (Å²) in [7, 11) is 1.81. The van der Waals surface area contributed by atoms with Crippen LogP contribution in [0.1, 0.15) is 18.1 Å². The molecule has 0 saturated heterocycles. The Hall–Kier alpha value is -1.62. The number of pyridine rings is 1. The normalized spacial score (nSPS) is 11.6. The number of halogens is 1. The molecule has 0 N–H and O–H groups in total. The van der Waals surface area contributed by atoms with E-state index in [4.69, 9.17) is 0 Å². The smallest absolute Gasteiger partial charge is 0.259 e. The maximum Gasteiger partial charge on any atom is 0.259 e. The SMILES string of the molecule is CCn1ncc2c3c(CBr)cc(C)cc3c(=O)n(C)c21. The lowest BCUT2D eigenvalue weighted by Crippen LogP contribution is -2.20. The maximum atomic E-state index is 12.6. The average Bonchev–Trinajstić information content (AvgIpc) is 2.87. The first kappa shape index (κ1) is 13.4. The Balaban J connectivity index is 2.66. The van der Waals surface area contributed by atoms with Crippen LogP contribution in [0.4, 0.5) is 0 Å². The van der Waals surface area contributed by atoms with Crippen LogP contribution in [-0.4, -0.2) is 14.3 Å². The van der Waals surface area contributed by atoms with Crippen molar-refractivity contribution in [2.24, 2.45) is 7.05 Å². The van der Waals surface area contributed by atoms with E-state index in [1.54, 1.807) is 4.57 Å². The van der Waals surface area contributed by atoms with Crippen molar-refractivity contribution in [3.8, 4) is 0 Å². The van der Waals surface area contributed by atoms with Crippen LogP contribution in [-0.2, 0) is 18.9 Å². The number of nitrogens with zero attached hydrogens (tertiary/aromatic N) is 3. The highest BCUT2D eigenvalue weighted by atomic mass is 79.9. The first-order valence-electron chi connectivity index (χ1n) is 6.62. The summed E-state index contributed by atoms with van der Waals surface area (Å²) in [5, 5.41) is 7.96. The maximum absolute atomic E-state index is 12.6. The summed E-state index contributed by atoms with van der Waals surface area (Å²) < 4.78 is 3.57. The molecule has 20 heavy (non-hydrogen) atoms. The number of fused-ring (bicyclic) bond motifs is 3. The second kappa shape index (κ2) is 4.74. The van der Waals surface area contributed by atoms with E-state index in [-0.39, 0.29) is 5.56 Å². The summed E-state index contributed by atoms with van der Waals surface area (Å²) in [4.78, 5) is 12.6. The van der Waals surface area contributed by atoms with Crippen LogP contribution >= 0.6 is 15.9 Å². The minimum Gasteiger partial charge on any atom is -0.296 e. The zero-order valence-corrected chi connectivity index (χ0v) is 13.4. The van der Waals surface area contributed by atoms with Gasteiger partial charge in [0.15, 0.2) is 0 Å². The Labute approximate surface area is 125 Å². The highest BCUT2D eigenvalue weighted by molar-refractivity contribution is 9.08. The molecule has 0 fully saturated rings. The van der Waals surface area contributed by atoms with Gasteiger partial charge in [-0.25, -0.2) is 4.68 Å². The fourth-order valence-electron chi connectivity index (χ4n) is 2.87. The predicted octanol–water partition coefficient (Wildman–Crippen LogP) is 3.11. The molecule has 0 amide bonds. The van der Waals surface area contributed by atoms with Crippen LogP contribution in [0.25, 0.3) is 21.8 Å². The molecule has 4 nitrogen and oxygen atoms in total. The van der Waals surface area contributed by atoms with Gasteiger partial charge in [-0.3, -0.25) is 9.36 Å². The summed E-state index contributed by atoms with van der Waals surface area (Å²) in [5.41, 5.74) is 3.16. The van der Waals surface area contributed by atoms with E-state index in [0.717, 1.165) is 44.8 Å². The standard InChI is InChI=1S/C15H16BrN3O/c1-4-19-14-12(8-17-19)13-10(7-16)5-9(2)6-11(13)15(20)18(14)3/h5-6,8H,4,7H2,1-3H3. The van der Waals surface area contributed by atoms with Crippen molar-refractivity contribution < 1.29 is 0 Å². The van der Waals surface area contributed by atoms with Gasteiger partial charge in [0.1, 0.15) is 5.65 Å². The molecule has 5 heteroatoms. The fourth-order valence-corrected chi connectivity index (χ4v) is 3.31. The van der Waals surface area contributed by atoms with Crippen LogP contribution in [0.3, 0.4) is 0 Å². The van der Waals surface area contributed by atoms with Gasteiger partial charge in [0.25, 0.3) is 5.56 Å². The molecular weight excluding hydrogens is 318 g/mol. The molecule has 1 aromatic carbocycles. The minimum absolute atomic E-state index is 0.0357. The Morgan fingerprint density at radius 3 is 2.70 bits per heavy atom. The summed E-state index contributed by atoms with van der Waals surface area (Å²) in [6.07, 6.45) is 1.86. The molecule has 0 aliphatic heterocycles. The van der Waals surface area contributed by atoms with Crippen LogP contribution in [0.5, 0.6) is 0 Å². The third-order valence-corrected chi connectivity index (χ3v) is 4.35. The number of alkyl halides is 1. The molecule has 0 unspecified atom stereocenters. The van der Waals surface area contributed by atoms with E-state index in [9.17, 15) is 4.79 Å². The summed E-state index contributed by atoms with van der Waals surface area (Å²) in [5.74, 6) is 0. The van der Waals surface area contributed by atoms with Gasteiger partial charge in [0.05, 0.1) is 6.20 Å². The molecule has 3 rings (SSSR count). The van der Waals surface area contributed by atoms with Crippen molar-refractivity contribution in [3.05, 3.63) is 39.8 Å². The van der Waals surface area contributed by atoms with E-state index >= 15 is 0 Å². The van der Waals surface area contributed by atoms with Crippen LogP contribution < -0.4 is 5.56 Å². The van der Waals surface area contributed by atoms with Gasteiger partial charge in [0.2, 0.25) is 0 Å². The third kappa shape index (κ3) is 1.73. The second-order valence-corrected chi connectivity index (χ2v) is 5.60. The Morgan fingerprint density at radius 2 is 2.05 bits per heavy atom. The topological polar surface area (TPSA) is 39.8 Å². The highest BCUT2D eigenvalue weighted by Gasteiger charge is 2.15. The van der Waals surface area contributed by atoms with Gasteiger partial charge in [-0.05, 0) is 31.0 Å². The van der Waals surface area contributed by atoms with Crippen molar-refractivity contribution in [1.29, 1.82) is 0 Å². The van der Waals surface area contributed by atoms with E-state index < -0.39 is 0 Å². The molecule has 0 spiro atoms. The molecule has 104 valence electrons. The van der Waals surface area contributed by atoms with Gasteiger partial charge in [-0.1, -0.05) is 22.0 Å².